The fourth-order valence-corrected chi connectivity index (χ4v) is 3.47. The Balaban J connectivity index is 2.17. The monoisotopic (exact) mass is 263 g/mol. The molecule has 1 saturated heterocycles. The number of hydrogen-bond acceptors (Lipinski definition) is 5. The Labute approximate surface area is 109 Å². The van der Waals surface area contributed by atoms with Gasteiger partial charge in [0.1, 0.15) is 5.69 Å². The number of thioether (sulfide) groups is 1. The Morgan fingerprint density at radius 2 is 2.39 bits per heavy atom. The van der Waals surface area contributed by atoms with Crippen molar-refractivity contribution in [3.8, 4) is 0 Å². The van der Waals surface area contributed by atoms with Gasteiger partial charge in [0.05, 0.1) is 12.4 Å². The summed E-state index contributed by atoms with van der Waals surface area (Å²) in [7, 11) is 1.38. The van der Waals surface area contributed by atoms with Crippen molar-refractivity contribution >= 4 is 23.4 Å². The van der Waals surface area contributed by atoms with E-state index in [1.54, 1.807) is 12.1 Å². The first-order valence-electron chi connectivity index (χ1n) is 5.85. The van der Waals surface area contributed by atoms with Crippen LogP contribution in [0.2, 0.25) is 0 Å². The fraction of sp³-hybridized carbons (Fsp3) is 0.417. The summed E-state index contributed by atoms with van der Waals surface area (Å²) in [5.74, 6) is 1.64. The van der Waals surface area contributed by atoms with Gasteiger partial charge in [-0.05, 0) is 30.7 Å². The van der Waals surface area contributed by atoms with Gasteiger partial charge in [-0.2, -0.15) is 11.8 Å². The number of methoxy groups -OCH3 is 1. The lowest BCUT2D eigenvalue weighted by molar-refractivity contribution is 0.0592. The molecule has 6 heteroatoms. The zero-order chi connectivity index (χ0) is 12.5. The lowest BCUT2D eigenvalue weighted by Crippen LogP contribution is -2.10. The molecule has 5 nitrogen and oxygen atoms in total. The largest absolute Gasteiger partial charge is 0.464 e. The highest BCUT2D eigenvalue weighted by atomic mass is 32.2. The number of hydrogen-bond donors (Lipinski definition) is 0. The molecule has 94 valence electrons. The van der Waals surface area contributed by atoms with Crippen LogP contribution in [0.15, 0.2) is 18.2 Å². The third-order valence-corrected chi connectivity index (χ3v) is 4.44. The fourth-order valence-electron chi connectivity index (χ4n) is 2.22. The van der Waals surface area contributed by atoms with E-state index < -0.39 is 0 Å². The van der Waals surface area contributed by atoms with Crippen LogP contribution in [-0.2, 0) is 4.74 Å². The van der Waals surface area contributed by atoms with Crippen molar-refractivity contribution in [2.75, 3.05) is 12.9 Å². The maximum absolute atomic E-state index is 11.8. The molecule has 0 radical (unpaired) electrons. The van der Waals surface area contributed by atoms with Crippen LogP contribution in [0.25, 0.3) is 5.65 Å². The number of fused-ring (bicyclic) bond motifs is 1. The Hall–Kier alpha value is -1.56. The highest BCUT2D eigenvalue weighted by Crippen LogP contribution is 2.39. The molecule has 2 aromatic rings. The maximum Gasteiger partial charge on any atom is 0.355 e. The molecular formula is C12H13N3O2S. The predicted molar refractivity (Wildman–Crippen MR) is 68.8 cm³/mol. The minimum Gasteiger partial charge on any atom is -0.464 e. The number of rotatable bonds is 2. The van der Waals surface area contributed by atoms with Crippen LogP contribution in [-0.4, -0.2) is 33.4 Å². The second kappa shape index (κ2) is 4.61. The topological polar surface area (TPSA) is 56.5 Å². The second-order valence-corrected chi connectivity index (χ2v) is 5.47. The van der Waals surface area contributed by atoms with Gasteiger partial charge < -0.3 is 4.74 Å². The standard InChI is InChI=1S/C12H13N3O2S/c1-17-12(16)8-4-2-6-10-13-14-11(15(8)10)9-5-3-7-18-9/h2,4,6,9H,3,5,7H2,1H3. The van der Waals surface area contributed by atoms with Crippen LogP contribution in [0.1, 0.15) is 34.4 Å². The summed E-state index contributed by atoms with van der Waals surface area (Å²) in [6, 6.07) is 5.38. The number of pyridine rings is 1. The molecule has 0 N–H and O–H groups in total. The zero-order valence-corrected chi connectivity index (χ0v) is 10.8. The van der Waals surface area contributed by atoms with Crippen molar-refractivity contribution in [2.24, 2.45) is 0 Å². The maximum atomic E-state index is 11.8. The van der Waals surface area contributed by atoms with Gasteiger partial charge in [-0.1, -0.05) is 6.07 Å². The van der Waals surface area contributed by atoms with Gasteiger partial charge >= 0.3 is 5.97 Å². The van der Waals surface area contributed by atoms with Crippen molar-refractivity contribution in [2.45, 2.75) is 18.1 Å². The molecule has 1 aliphatic rings. The summed E-state index contributed by atoms with van der Waals surface area (Å²) >= 11 is 1.87. The van der Waals surface area contributed by atoms with E-state index in [1.165, 1.54) is 13.5 Å². The van der Waals surface area contributed by atoms with Gasteiger partial charge in [0, 0.05) is 0 Å². The molecule has 1 fully saturated rings. The van der Waals surface area contributed by atoms with Crippen LogP contribution in [0.5, 0.6) is 0 Å². The third-order valence-electron chi connectivity index (χ3n) is 3.07. The minimum absolute atomic E-state index is 0.325. The molecule has 3 rings (SSSR count). The van der Waals surface area contributed by atoms with E-state index in [9.17, 15) is 4.79 Å². The Bertz CT molecular complexity index is 590. The van der Waals surface area contributed by atoms with Gasteiger partial charge in [0.15, 0.2) is 11.5 Å². The summed E-state index contributed by atoms with van der Waals surface area (Å²) in [4.78, 5) is 11.8. The first kappa shape index (κ1) is 11.5. The lowest BCUT2D eigenvalue weighted by atomic mass is 10.2. The molecular weight excluding hydrogens is 250 g/mol. The molecule has 0 saturated carbocycles. The van der Waals surface area contributed by atoms with Gasteiger partial charge in [-0.15, -0.1) is 10.2 Å². The average molecular weight is 263 g/mol. The summed E-state index contributed by atoms with van der Waals surface area (Å²) < 4.78 is 6.62. The van der Waals surface area contributed by atoms with Crippen molar-refractivity contribution in [1.82, 2.24) is 14.6 Å². The van der Waals surface area contributed by atoms with Crippen LogP contribution < -0.4 is 0 Å². The highest BCUT2D eigenvalue weighted by Gasteiger charge is 2.25. The smallest absolute Gasteiger partial charge is 0.355 e. The van der Waals surface area contributed by atoms with E-state index in [-0.39, 0.29) is 5.97 Å². The van der Waals surface area contributed by atoms with Crippen LogP contribution >= 0.6 is 11.8 Å². The van der Waals surface area contributed by atoms with E-state index in [1.807, 2.05) is 22.2 Å². The minimum atomic E-state index is -0.357. The number of nitrogens with zero attached hydrogens (tertiary/aromatic N) is 3. The molecule has 18 heavy (non-hydrogen) atoms. The zero-order valence-electron chi connectivity index (χ0n) is 10.00. The molecule has 1 aliphatic heterocycles. The highest BCUT2D eigenvalue weighted by molar-refractivity contribution is 7.99. The first-order chi connectivity index (χ1) is 8.81. The second-order valence-electron chi connectivity index (χ2n) is 4.16. The Kier molecular flexibility index (Phi) is 2.95. The summed E-state index contributed by atoms with van der Waals surface area (Å²) in [6.45, 7) is 0. The molecule has 3 heterocycles. The molecule has 0 bridgehead atoms. The normalized spacial score (nSPS) is 19.3. The first-order valence-corrected chi connectivity index (χ1v) is 6.90. The summed E-state index contributed by atoms with van der Waals surface area (Å²) in [5, 5.41) is 8.70. The molecule has 1 unspecified atom stereocenters. The van der Waals surface area contributed by atoms with E-state index >= 15 is 0 Å². The Morgan fingerprint density at radius 3 is 3.11 bits per heavy atom. The lowest BCUT2D eigenvalue weighted by Gasteiger charge is -2.09. The van der Waals surface area contributed by atoms with Gasteiger partial charge in [0.2, 0.25) is 0 Å². The number of ether oxygens (including phenoxy) is 1. The number of carbonyl (C=O) groups is 1. The third kappa shape index (κ3) is 1.77. The number of carbonyl (C=O) groups excluding carboxylic acids is 1. The number of esters is 1. The molecule has 0 spiro atoms. The van der Waals surface area contributed by atoms with Crippen molar-refractivity contribution in [1.29, 1.82) is 0 Å². The summed E-state index contributed by atoms with van der Waals surface area (Å²) in [5.41, 5.74) is 1.18. The SMILES string of the molecule is COC(=O)c1cccc2nnc(C3CCCS3)n12. The van der Waals surface area contributed by atoms with E-state index in [0.29, 0.717) is 16.6 Å². The average Bonchev–Trinajstić information content (AvgIpc) is 3.05. The van der Waals surface area contributed by atoms with Gasteiger partial charge in [-0.3, -0.25) is 4.40 Å². The van der Waals surface area contributed by atoms with Gasteiger partial charge in [0.25, 0.3) is 0 Å². The van der Waals surface area contributed by atoms with E-state index in [2.05, 4.69) is 10.2 Å². The van der Waals surface area contributed by atoms with Crippen molar-refractivity contribution in [3.05, 3.63) is 29.7 Å². The van der Waals surface area contributed by atoms with Crippen LogP contribution in [0.3, 0.4) is 0 Å². The molecule has 0 amide bonds. The van der Waals surface area contributed by atoms with Crippen LogP contribution in [0.4, 0.5) is 0 Å². The van der Waals surface area contributed by atoms with E-state index in [0.717, 1.165) is 18.0 Å². The van der Waals surface area contributed by atoms with Crippen molar-refractivity contribution < 1.29 is 9.53 Å². The number of aromatic nitrogens is 3. The molecule has 2 aromatic heterocycles. The van der Waals surface area contributed by atoms with Crippen LogP contribution in [0, 0.1) is 0 Å². The molecule has 0 aliphatic carbocycles. The quantitative estimate of drug-likeness (QED) is 0.776. The molecule has 0 aromatic carbocycles. The Morgan fingerprint density at radius 1 is 1.50 bits per heavy atom. The van der Waals surface area contributed by atoms with Crippen molar-refractivity contribution in [3.63, 3.8) is 0 Å². The molecule has 1 atom stereocenters. The van der Waals surface area contributed by atoms with E-state index in [4.69, 9.17) is 4.74 Å². The summed E-state index contributed by atoms with van der Waals surface area (Å²) in [6.07, 6.45) is 2.27. The predicted octanol–water partition coefficient (Wildman–Crippen LogP) is 2.08. The van der Waals surface area contributed by atoms with Gasteiger partial charge in [-0.25, -0.2) is 4.79 Å².